The summed E-state index contributed by atoms with van der Waals surface area (Å²) in [5.41, 5.74) is 7.25. The Morgan fingerprint density at radius 3 is 2.50 bits per heavy atom. The highest BCUT2D eigenvalue weighted by Gasteiger charge is 2.09. The van der Waals surface area contributed by atoms with Gasteiger partial charge in [-0.1, -0.05) is 12.1 Å². The Kier molecular flexibility index (Phi) is 3.48. The van der Waals surface area contributed by atoms with Gasteiger partial charge in [0.15, 0.2) is 0 Å². The highest BCUT2D eigenvalue weighted by molar-refractivity contribution is 5.76. The Bertz CT molecular complexity index is 308. The number of carboxylic acid groups (broad SMARTS) is 1. The Balaban J connectivity index is 2.64. The van der Waals surface area contributed by atoms with Crippen LogP contribution in [0.15, 0.2) is 24.3 Å². The van der Waals surface area contributed by atoms with Crippen molar-refractivity contribution in [2.24, 2.45) is 5.73 Å². The number of hydrogen-bond donors (Lipinski definition) is 3. The fraction of sp³-hybridized carbons (Fsp3) is 0.300. The third kappa shape index (κ3) is 2.74. The summed E-state index contributed by atoms with van der Waals surface area (Å²) in [6, 6.07) is 6.80. The summed E-state index contributed by atoms with van der Waals surface area (Å²) in [4.78, 5) is 10.5. The van der Waals surface area contributed by atoms with E-state index >= 15 is 0 Å². The van der Waals surface area contributed by atoms with Crippen LogP contribution < -0.4 is 11.1 Å². The molecule has 1 aromatic rings. The number of carbonyl (C=O) groups is 1. The summed E-state index contributed by atoms with van der Waals surface area (Å²) in [6.45, 7) is 2.09. The zero-order valence-electron chi connectivity index (χ0n) is 8.03. The molecule has 0 aliphatic rings. The molecular formula is C10H14N2O2. The summed E-state index contributed by atoms with van der Waals surface area (Å²) in [5, 5.41) is 11.5. The van der Waals surface area contributed by atoms with E-state index in [1.54, 1.807) is 6.92 Å². The number of nitrogens with one attached hydrogen (secondary N) is 1. The molecule has 76 valence electrons. The van der Waals surface area contributed by atoms with Crippen molar-refractivity contribution in [2.45, 2.75) is 19.5 Å². The van der Waals surface area contributed by atoms with E-state index in [1.165, 1.54) is 0 Å². The van der Waals surface area contributed by atoms with Gasteiger partial charge in [-0.15, -0.1) is 0 Å². The molecule has 1 atom stereocenters. The number of rotatable bonds is 4. The van der Waals surface area contributed by atoms with Gasteiger partial charge < -0.3 is 16.2 Å². The lowest BCUT2D eigenvalue weighted by Crippen LogP contribution is -2.25. The van der Waals surface area contributed by atoms with Gasteiger partial charge in [0.2, 0.25) is 0 Å². The quantitative estimate of drug-likeness (QED) is 0.669. The third-order valence-electron chi connectivity index (χ3n) is 1.94. The van der Waals surface area contributed by atoms with Crippen molar-refractivity contribution < 1.29 is 9.90 Å². The van der Waals surface area contributed by atoms with E-state index in [0.29, 0.717) is 6.54 Å². The maximum absolute atomic E-state index is 10.5. The molecule has 4 N–H and O–H groups in total. The molecule has 4 nitrogen and oxygen atoms in total. The van der Waals surface area contributed by atoms with Crippen LogP contribution in [0.2, 0.25) is 0 Å². The minimum atomic E-state index is -0.868. The van der Waals surface area contributed by atoms with Crippen LogP contribution in [-0.2, 0) is 11.3 Å². The van der Waals surface area contributed by atoms with E-state index in [4.69, 9.17) is 10.8 Å². The second-order valence-electron chi connectivity index (χ2n) is 3.11. The lowest BCUT2D eigenvalue weighted by atomic mass is 10.2. The Morgan fingerprint density at radius 1 is 1.50 bits per heavy atom. The van der Waals surface area contributed by atoms with Crippen LogP contribution in [0.25, 0.3) is 0 Å². The number of anilines is 1. The van der Waals surface area contributed by atoms with Crippen LogP contribution in [0.3, 0.4) is 0 Å². The fourth-order valence-corrected chi connectivity index (χ4v) is 1.05. The Morgan fingerprint density at radius 2 is 2.07 bits per heavy atom. The Hall–Kier alpha value is -1.55. The van der Waals surface area contributed by atoms with Crippen LogP contribution in [0.4, 0.5) is 5.69 Å². The van der Waals surface area contributed by atoms with Crippen LogP contribution in [0.1, 0.15) is 12.5 Å². The number of carboxylic acids is 1. The van der Waals surface area contributed by atoms with Gasteiger partial charge in [0.05, 0.1) is 0 Å². The maximum Gasteiger partial charge on any atom is 0.325 e. The zero-order valence-corrected chi connectivity index (χ0v) is 8.03. The van der Waals surface area contributed by atoms with E-state index in [0.717, 1.165) is 11.3 Å². The van der Waals surface area contributed by atoms with Gasteiger partial charge in [0.25, 0.3) is 0 Å². The summed E-state index contributed by atoms with van der Waals surface area (Å²) in [6.07, 6.45) is 0. The van der Waals surface area contributed by atoms with Crippen molar-refractivity contribution in [3.8, 4) is 0 Å². The molecule has 1 rings (SSSR count). The van der Waals surface area contributed by atoms with Crippen LogP contribution >= 0.6 is 0 Å². The van der Waals surface area contributed by atoms with Crippen molar-refractivity contribution >= 4 is 11.7 Å². The molecule has 0 aliphatic carbocycles. The molecule has 0 fully saturated rings. The van der Waals surface area contributed by atoms with Gasteiger partial charge in [-0.25, -0.2) is 0 Å². The summed E-state index contributed by atoms with van der Waals surface area (Å²) in [5.74, 6) is -0.868. The van der Waals surface area contributed by atoms with Gasteiger partial charge in [-0.2, -0.15) is 0 Å². The van der Waals surface area contributed by atoms with Crippen LogP contribution in [0, 0.1) is 0 Å². The Labute approximate surface area is 82.7 Å². The molecule has 0 unspecified atom stereocenters. The average molecular weight is 194 g/mol. The number of hydrogen-bond acceptors (Lipinski definition) is 3. The molecule has 0 saturated heterocycles. The first-order valence-electron chi connectivity index (χ1n) is 4.42. The van der Waals surface area contributed by atoms with E-state index < -0.39 is 12.0 Å². The van der Waals surface area contributed by atoms with Crippen molar-refractivity contribution in [3.63, 3.8) is 0 Å². The van der Waals surface area contributed by atoms with E-state index in [1.807, 2.05) is 24.3 Å². The molecule has 0 spiro atoms. The molecule has 1 aromatic carbocycles. The molecule has 14 heavy (non-hydrogen) atoms. The van der Waals surface area contributed by atoms with Crippen molar-refractivity contribution in [1.82, 2.24) is 0 Å². The highest BCUT2D eigenvalue weighted by atomic mass is 16.4. The standard InChI is InChI=1S/C10H14N2O2/c1-7(10(13)14)12-9-4-2-8(6-11)3-5-9/h2-5,7,12H,6,11H2,1H3,(H,13,14)/t7-/m0/s1. The maximum atomic E-state index is 10.5. The van der Waals surface area contributed by atoms with Crippen molar-refractivity contribution in [1.29, 1.82) is 0 Å². The van der Waals surface area contributed by atoms with E-state index in [-0.39, 0.29) is 0 Å². The monoisotopic (exact) mass is 194 g/mol. The third-order valence-corrected chi connectivity index (χ3v) is 1.94. The zero-order chi connectivity index (χ0) is 10.6. The number of aliphatic carboxylic acids is 1. The molecule has 0 bridgehead atoms. The number of benzene rings is 1. The fourth-order valence-electron chi connectivity index (χ4n) is 1.05. The predicted octanol–water partition coefficient (Wildman–Crippen LogP) is 1.03. The summed E-state index contributed by atoms with van der Waals surface area (Å²) >= 11 is 0. The van der Waals surface area contributed by atoms with Crippen molar-refractivity contribution in [3.05, 3.63) is 29.8 Å². The predicted molar refractivity (Wildman–Crippen MR) is 55.1 cm³/mol. The first-order chi connectivity index (χ1) is 6.63. The topological polar surface area (TPSA) is 75.3 Å². The summed E-state index contributed by atoms with van der Waals surface area (Å²) in [7, 11) is 0. The van der Waals surface area contributed by atoms with Crippen LogP contribution in [0.5, 0.6) is 0 Å². The summed E-state index contributed by atoms with van der Waals surface area (Å²) < 4.78 is 0. The average Bonchev–Trinajstić information content (AvgIpc) is 2.19. The normalized spacial score (nSPS) is 12.1. The second-order valence-corrected chi connectivity index (χ2v) is 3.11. The molecule has 0 radical (unpaired) electrons. The molecule has 0 amide bonds. The van der Waals surface area contributed by atoms with Gasteiger partial charge in [0, 0.05) is 12.2 Å². The van der Waals surface area contributed by atoms with Gasteiger partial charge in [-0.3, -0.25) is 4.79 Å². The molecule has 0 saturated carbocycles. The van der Waals surface area contributed by atoms with Gasteiger partial charge in [0.1, 0.15) is 6.04 Å². The van der Waals surface area contributed by atoms with E-state index in [2.05, 4.69) is 5.32 Å². The minimum Gasteiger partial charge on any atom is -0.480 e. The minimum absolute atomic E-state index is 0.495. The lowest BCUT2D eigenvalue weighted by molar-refractivity contribution is -0.137. The van der Waals surface area contributed by atoms with Gasteiger partial charge in [-0.05, 0) is 24.6 Å². The largest absolute Gasteiger partial charge is 0.480 e. The second kappa shape index (κ2) is 4.62. The van der Waals surface area contributed by atoms with Crippen LogP contribution in [-0.4, -0.2) is 17.1 Å². The highest BCUT2D eigenvalue weighted by Crippen LogP contribution is 2.10. The lowest BCUT2D eigenvalue weighted by Gasteiger charge is -2.10. The smallest absolute Gasteiger partial charge is 0.325 e. The van der Waals surface area contributed by atoms with Gasteiger partial charge >= 0.3 is 5.97 Å². The first kappa shape index (κ1) is 10.5. The van der Waals surface area contributed by atoms with E-state index in [9.17, 15) is 4.79 Å². The molecular weight excluding hydrogens is 180 g/mol. The molecule has 0 heterocycles. The molecule has 4 heteroatoms. The number of nitrogens with two attached hydrogens (primary N) is 1. The SMILES string of the molecule is C[C@H](Nc1ccc(CN)cc1)C(=O)O. The first-order valence-corrected chi connectivity index (χ1v) is 4.42. The molecule has 0 aromatic heterocycles. The van der Waals surface area contributed by atoms with Crippen molar-refractivity contribution in [2.75, 3.05) is 5.32 Å². The molecule has 0 aliphatic heterocycles.